The van der Waals surface area contributed by atoms with Crippen LogP contribution in [0.3, 0.4) is 0 Å². The highest BCUT2D eigenvalue weighted by Crippen LogP contribution is 2.37. The number of hydrogen-bond acceptors (Lipinski definition) is 1. The maximum absolute atomic E-state index is 14.3. The zero-order valence-corrected chi connectivity index (χ0v) is 18.6. The van der Waals surface area contributed by atoms with Gasteiger partial charge in [-0.3, -0.25) is 0 Å². The Balaban J connectivity index is 1.65. The minimum atomic E-state index is -0.661. The predicted octanol–water partition coefficient (Wildman–Crippen LogP) is 8.30. The van der Waals surface area contributed by atoms with Gasteiger partial charge in [-0.05, 0) is 86.1 Å². The topological polar surface area (TPSA) is 9.23 Å². The van der Waals surface area contributed by atoms with E-state index in [4.69, 9.17) is 4.74 Å². The third-order valence-electron chi connectivity index (χ3n) is 6.19. The van der Waals surface area contributed by atoms with Crippen LogP contribution < -0.4 is 4.74 Å². The molecule has 0 N–H and O–H groups in total. The molecule has 0 bridgehead atoms. The van der Waals surface area contributed by atoms with Crippen molar-refractivity contribution in [3.8, 4) is 16.9 Å². The smallest absolute Gasteiger partial charge is 0.191 e. The van der Waals surface area contributed by atoms with Crippen molar-refractivity contribution < 1.29 is 13.5 Å². The lowest BCUT2D eigenvalue weighted by molar-refractivity contribution is 0.219. The summed E-state index contributed by atoms with van der Waals surface area (Å²) in [6.45, 7) is 8.00. The summed E-state index contributed by atoms with van der Waals surface area (Å²) in [5.74, 6) is 0.313. The van der Waals surface area contributed by atoms with E-state index in [1.165, 1.54) is 49.8 Å². The molecule has 0 aromatic heterocycles. The molecule has 1 unspecified atom stereocenters. The molecule has 3 rings (SSSR count). The summed E-state index contributed by atoms with van der Waals surface area (Å²) < 4.78 is 33.9. The standard InChI is InChI=1S/C27H34F2O/c1-5-19(4)6-7-20-8-10-21(11-9-20)22-12-14-23(15-13-22)24-16-25(28)27(26(29)17-24)30-18(2)3/h6-7,12-21H,5,8-11H2,1-4H3/b7-6+. The monoisotopic (exact) mass is 412 g/mol. The van der Waals surface area contributed by atoms with Crippen LogP contribution in [0.15, 0.2) is 48.6 Å². The first kappa shape index (κ1) is 22.5. The van der Waals surface area contributed by atoms with Gasteiger partial charge in [0.05, 0.1) is 6.10 Å². The lowest BCUT2D eigenvalue weighted by Gasteiger charge is -2.27. The second-order valence-corrected chi connectivity index (χ2v) is 8.94. The van der Waals surface area contributed by atoms with Gasteiger partial charge in [0.2, 0.25) is 0 Å². The van der Waals surface area contributed by atoms with Gasteiger partial charge in [0.15, 0.2) is 17.4 Å². The summed E-state index contributed by atoms with van der Waals surface area (Å²) in [7, 11) is 0. The lowest BCUT2D eigenvalue weighted by atomic mass is 9.78. The molecule has 1 saturated carbocycles. The van der Waals surface area contributed by atoms with Crippen LogP contribution in [-0.2, 0) is 0 Å². The lowest BCUT2D eigenvalue weighted by Crippen LogP contribution is -2.12. The summed E-state index contributed by atoms with van der Waals surface area (Å²) in [5.41, 5.74) is 2.67. The minimum absolute atomic E-state index is 0.278. The van der Waals surface area contributed by atoms with Gasteiger partial charge in [0, 0.05) is 0 Å². The highest BCUT2D eigenvalue weighted by atomic mass is 19.1. The van der Waals surface area contributed by atoms with E-state index < -0.39 is 11.6 Å². The number of hydrogen-bond donors (Lipinski definition) is 0. The summed E-state index contributed by atoms with van der Waals surface area (Å²) in [4.78, 5) is 0. The fourth-order valence-electron chi connectivity index (χ4n) is 4.15. The minimum Gasteiger partial charge on any atom is -0.485 e. The van der Waals surface area contributed by atoms with E-state index in [1.54, 1.807) is 13.8 Å². The van der Waals surface area contributed by atoms with E-state index in [0.29, 0.717) is 23.3 Å². The third-order valence-corrected chi connectivity index (χ3v) is 6.19. The van der Waals surface area contributed by atoms with Gasteiger partial charge >= 0.3 is 0 Å². The van der Waals surface area contributed by atoms with Crippen LogP contribution >= 0.6 is 0 Å². The maximum Gasteiger partial charge on any atom is 0.191 e. The van der Waals surface area contributed by atoms with Crippen molar-refractivity contribution in [1.29, 1.82) is 0 Å². The van der Waals surface area contributed by atoms with Crippen molar-refractivity contribution in [3.63, 3.8) is 0 Å². The number of ether oxygens (including phenoxy) is 1. The predicted molar refractivity (Wildman–Crippen MR) is 121 cm³/mol. The molecule has 1 nitrogen and oxygen atoms in total. The second-order valence-electron chi connectivity index (χ2n) is 8.94. The Bertz CT molecular complexity index is 823. The van der Waals surface area contributed by atoms with E-state index >= 15 is 0 Å². The maximum atomic E-state index is 14.3. The largest absolute Gasteiger partial charge is 0.485 e. The van der Waals surface area contributed by atoms with Gasteiger partial charge in [0.25, 0.3) is 0 Å². The fourth-order valence-corrected chi connectivity index (χ4v) is 4.15. The molecule has 2 aromatic carbocycles. The Hall–Kier alpha value is -2.16. The summed E-state index contributed by atoms with van der Waals surface area (Å²) in [6, 6.07) is 10.9. The molecule has 162 valence electrons. The first-order chi connectivity index (χ1) is 14.4. The molecule has 3 heteroatoms. The molecule has 1 fully saturated rings. The van der Waals surface area contributed by atoms with Crippen LogP contribution in [0.1, 0.15) is 71.3 Å². The summed E-state index contributed by atoms with van der Waals surface area (Å²) in [5, 5.41) is 0. The van der Waals surface area contributed by atoms with Gasteiger partial charge < -0.3 is 4.74 Å². The highest BCUT2D eigenvalue weighted by molar-refractivity contribution is 5.65. The Labute approximate surface area is 180 Å². The molecule has 30 heavy (non-hydrogen) atoms. The zero-order valence-electron chi connectivity index (χ0n) is 18.6. The molecular formula is C27H34F2O. The quantitative estimate of drug-likeness (QED) is 0.416. The zero-order chi connectivity index (χ0) is 21.7. The van der Waals surface area contributed by atoms with Crippen LogP contribution in [0.25, 0.3) is 11.1 Å². The normalized spacial score (nSPS) is 20.6. The van der Waals surface area contributed by atoms with Crippen LogP contribution in [0.2, 0.25) is 0 Å². The van der Waals surface area contributed by atoms with E-state index in [1.807, 2.05) is 12.1 Å². The van der Waals surface area contributed by atoms with Crippen molar-refractivity contribution in [2.75, 3.05) is 0 Å². The van der Waals surface area contributed by atoms with Crippen molar-refractivity contribution in [2.24, 2.45) is 11.8 Å². The van der Waals surface area contributed by atoms with Crippen LogP contribution in [-0.4, -0.2) is 6.10 Å². The van der Waals surface area contributed by atoms with Crippen molar-refractivity contribution in [1.82, 2.24) is 0 Å². The molecule has 1 aliphatic carbocycles. The molecule has 0 amide bonds. The first-order valence-electron chi connectivity index (χ1n) is 11.3. The van der Waals surface area contributed by atoms with Crippen molar-refractivity contribution >= 4 is 0 Å². The van der Waals surface area contributed by atoms with Crippen LogP contribution in [0.5, 0.6) is 5.75 Å². The summed E-state index contributed by atoms with van der Waals surface area (Å²) >= 11 is 0. The fraction of sp³-hybridized carbons (Fsp3) is 0.481. The number of benzene rings is 2. The van der Waals surface area contributed by atoms with Crippen LogP contribution in [0.4, 0.5) is 8.78 Å². The first-order valence-corrected chi connectivity index (χ1v) is 11.3. The molecule has 1 atom stereocenters. The molecular weight excluding hydrogens is 378 g/mol. The number of allylic oxidation sites excluding steroid dienone is 2. The van der Waals surface area contributed by atoms with Gasteiger partial charge in [-0.25, -0.2) is 8.78 Å². The third kappa shape index (κ3) is 5.71. The highest BCUT2D eigenvalue weighted by Gasteiger charge is 2.21. The molecule has 0 heterocycles. The second kappa shape index (κ2) is 10.2. The van der Waals surface area contributed by atoms with E-state index in [9.17, 15) is 8.78 Å². The van der Waals surface area contributed by atoms with Crippen LogP contribution in [0, 0.1) is 23.5 Å². The number of halogens is 2. The van der Waals surface area contributed by atoms with Gasteiger partial charge in [-0.1, -0.05) is 56.7 Å². The SMILES string of the molecule is CCC(C)/C=C/C1CCC(c2ccc(-c3cc(F)c(OC(C)C)c(F)c3)cc2)CC1. The molecule has 0 spiro atoms. The number of rotatable bonds is 7. The molecule has 0 saturated heterocycles. The molecule has 2 aromatic rings. The van der Waals surface area contributed by atoms with Crippen molar-refractivity contribution in [2.45, 2.75) is 71.8 Å². The van der Waals surface area contributed by atoms with Gasteiger partial charge in [0.1, 0.15) is 0 Å². The van der Waals surface area contributed by atoms with E-state index in [0.717, 1.165) is 5.56 Å². The van der Waals surface area contributed by atoms with Gasteiger partial charge in [-0.2, -0.15) is 0 Å². The molecule has 0 aliphatic heterocycles. The van der Waals surface area contributed by atoms with E-state index in [2.05, 4.69) is 38.1 Å². The molecule has 1 aliphatic rings. The molecule has 0 radical (unpaired) electrons. The Morgan fingerprint density at radius 2 is 1.53 bits per heavy atom. The average Bonchev–Trinajstić information content (AvgIpc) is 2.74. The van der Waals surface area contributed by atoms with E-state index in [-0.39, 0.29) is 11.9 Å². The summed E-state index contributed by atoms with van der Waals surface area (Å²) in [6.07, 6.45) is 10.6. The average molecular weight is 413 g/mol. The Morgan fingerprint density at radius 3 is 2.07 bits per heavy atom. The Kier molecular flexibility index (Phi) is 7.69. The Morgan fingerprint density at radius 1 is 0.933 bits per heavy atom. The van der Waals surface area contributed by atoms with Crippen molar-refractivity contribution in [3.05, 3.63) is 65.7 Å². The van der Waals surface area contributed by atoms with Gasteiger partial charge in [-0.15, -0.1) is 0 Å².